The second-order valence-electron chi connectivity index (χ2n) is 5.28. The monoisotopic (exact) mass is 267 g/mol. The molecule has 0 heterocycles. The quantitative estimate of drug-likeness (QED) is 0.879. The predicted molar refractivity (Wildman–Crippen MR) is 75.8 cm³/mol. The summed E-state index contributed by atoms with van der Waals surface area (Å²) in [5.41, 5.74) is 6.95. The maximum atomic E-state index is 10.5. The molecule has 100 valence electrons. The maximum absolute atomic E-state index is 10.5. The third kappa shape index (κ3) is 3.25. The molecule has 1 aliphatic rings. The van der Waals surface area contributed by atoms with Crippen LogP contribution < -0.4 is 5.73 Å². The first-order valence-electron chi connectivity index (χ1n) is 6.86. The summed E-state index contributed by atoms with van der Waals surface area (Å²) in [4.78, 5) is 0. The summed E-state index contributed by atoms with van der Waals surface area (Å²) in [6, 6.07) is 7.69. The number of hydrogen-bond donors (Lipinski definition) is 2. The standard InChI is InChI=1S/C15H22ClNO/c16-13-8-6-11(7-9-13)14(10-17)15(18)12-4-2-1-3-5-12/h6-9,12,14-15,18H,1-5,10,17H2. The van der Waals surface area contributed by atoms with Crippen LogP contribution in [0.2, 0.25) is 5.02 Å². The molecule has 2 atom stereocenters. The van der Waals surface area contributed by atoms with E-state index in [1.54, 1.807) is 0 Å². The van der Waals surface area contributed by atoms with Gasteiger partial charge in [-0.1, -0.05) is 43.0 Å². The highest BCUT2D eigenvalue weighted by Crippen LogP contribution is 2.33. The Balaban J connectivity index is 2.09. The average Bonchev–Trinajstić information content (AvgIpc) is 2.42. The van der Waals surface area contributed by atoms with E-state index in [0.717, 1.165) is 23.4 Å². The molecule has 1 saturated carbocycles. The van der Waals surface area contributed by atoms with Crippen LogP contribution in [-0.2, 0) is 0 Å². The van der Waals surface area contributed by atoms with Gasteiger partial charge < -0.3 is 10.8 Å². The largest absolute Gasteiger partial charge is 0.392 e. The van der Waals surface area contributed by atoms with Gasteiger partial charge in [-0.25, -0.2) is 0 Å². The van der Waals surface area contributed by atoms with Gasteiger partial charge in [-0.05, 0) is 36.5 Å². The van der Waals surface area contributed by atoms with E-state index in [2.05, 4.69) is 0 Å². The van der Waals surface area contributed by atoms with E-state index in [9.17, 15) is 5.11 Å². The van der Waals surface area contributed by atoms with E-state index in [4.69, 9.17) is 17.3 Å². The smallest absolute Gasteiger partial charge is 0.0648 e. The highest BCUT2D eigenvalue weighted by Gasteiger charge is 2.28. The Morgan fingerprint density at radius 2 is 1.78 bits per heavy atom. The fourth-order valence-corrected chi connectivity index (χ4v) is 3.11. The minimum Gasteiger partial charge on any atom is -0.392 e. The van der Waals surface area contributed by atoms with Gasteiger partial charge in [0.05, 0.1) is 6.10 Å². The van der Waals surface area contributed by atoms with E-state index in [0.29, 0.717) is 12.5 Å². The number of rotatable bonds is 4. The van der Waals surface area contributed by atoms with Gasteiger partial charge in [-0.3, -0.25) is 0 Å². The van der Waals surface area contributed by atoms with Crippen molar-refractivity contribution in [3.8, 4) is 0 Å². The number of benzene rings is 1. The summed E-state index contributed by atoms with van der Waals surface area (Å²) >= 11 is 5.89. The van der Waals surface area contributed by atoms with E-state index in [1.807, 2.05) is 24.3 Å². The van der Waals surface area contributed by atoms with Crippen LogP contribution in [0.1, 0.15) is 43.6 Å². The van der Waals surface area contributed by atoms with Gasteiger partial charge in [0.2, 0.25) is 0 Å². The molecular weight excluding hydrogens is 246 g/mol. The summed E-state index contributed by atoms with van der Waals surface area (Å²) < 4.78 is 0. The summed E-state index contributed by atoms with van der Waals surface area (Å²) in [5, 5.41) is 11.3. The van der Waals surface area contributed by atoms with Gasteiger partial charge in [-0.15, -0.1) is 0 Å². The number of aliphatic hydroxyl groups is 1. The number of nitrogens with two attached hydrogens (primary N) is 1. The van der Waals surface area contributed by atoms with Crippen LogP contribution in [0.3, 0.4) is 0 Å². The normalized spacial score (nSPS) is 20.6. The Kier molecular flexibility index (Phi) is 5.04. The van der Waals surface area contributed by atoms with Crippen LogP contribution in [-0.4, -0.2) is 17.8 Å². The van der Waals surface area contributed by atoms with Gasteiger partial charge in [0.1, 0.15) is 0 Å². The van der Waals surface area contributed by atoms with Crippen molar-refractivity contribution in [1.82, 2.24) is 0 Å². The van der Waals surface area contributed by atoms with Crippen molar-refractivity contribution >= 4 is 11.6 Å². The van der Waals surface area contributed by atoms with Crippen LogP contribution >= 0.6 is 11.6 Å². The molecule has 1 aliphatic carbocycles. The van der Waals surface area contributed by atoms with Crippen molar-refractivity contribution in [2.24, 2.45) is 11.7 Å². The van der Waals surface area contributed by atoms with Crippen molar-refractivity contribution in [2.45, 2.75) is 44.1 Å². The summed E-state index contributed by atoms with van der Waals surface area (Å²) in [6.07, 6.45) is 5.71. The van der Waals surface area contributed by atoms with Crippen LogP contribution in [0.5, 0.6) is 0 Å². The molecule has 3 N–H and O–H groups in total. The zero-order valence-electron chi connectivity index (χ0n) is 10.7. The van der Waals surface area contributed by atoms with Gasteiger partial charge in [0.25, 0.3) is 0 Å². The molecule has 2 unspecified atom stereocenters. The van der Waals surface area contributed by atoms with Gasteiger partial charge in [-0.2, -0.15) is 0 Å². The lowest BCUT2D eigenvalue weighted by Crippen LogP contribution is -2.33. The zero-order chi connectivity index (χ0) is 13.0. The predicted octanol–water partition coefficient (Wildman–Crippen LogP) is 3.32. The highest BCUT2D eigenvalue weighted by atomic mass is 35.5. The lowest BCUT2D eigenvalue weighted by atomic mass is 9.78. The molecule has 0 spiro atoms. The van der Waals surface area contributed by atoms with E-state index >= 15 is 0 Å². The van der Waals surface area contributed by atoms with Crippen LogP contribution in [0, 0.1) is 5.92 Å². The summed E-state index contributed by atoms with van der Waals surface area (Å²) in [6.45, 7) is 0.485. The minimum atomic E-state index is -0.323. The second kappa shape index (κ2) is 6.55. The lowest BCUT2D eigenvalue weighted by molar-refractivity contribution is 0.0624. The summed E-state index contributed by atoms with van der Waals surface area (Å²) in [5.74, 6) is 0.438. The van der Waals surface area contributed by atoms with E-state index in [-0.39, 0.29) is 12.0 Å². The first-order chi connectivity index (χ1) is 8.72. The molecule has 2 nitrogen and oxygen atoms in total. The molecule has 1 fully saturated rings. The van der Waals surface area contributed by atoms with Crippen molar-refractivity contribution in [3.63, 3.8) is 0 Å². The maximum Gasteiger partial charge on any atom is 0.0648 e. The van der Waals surface area contributed by atoms with Gasteiger partial charge >= 0.3 is 0 Å². The van der Waals surface area contributed by atoms with Crippen molar-refractivity contribution in [1.29, 1.82) is 0 Å². The molecule has 0 radical (unpaired) electrons. The molecule has 1 aromatic carbocycles. The topological polar surface area (TPSA) is 46.2 Å². The summed E-state index contributed by atoms with van der Waals surface area (Å²) in [7, 11) is 0. The van der Waals surface area contributed by atoms with Crippen molar-refractivity contribution in [3.05, 3.63) is 34.9 Å². The number of hydrogen-bond acceptors (Lipinski definition) is 2. The van der Waals surface area contributed by atoms with Crippen LogP contribution in [0.25, 0.3) is 0 Å². The van der Waals surface area contributed by atoms with E-state index < -0.39 is 0 Å². The van der Waals surface area contributed by atoms with Crippen molar-refractivity contribution < 1.29 is 5.11 Å². The first-order valence-corrected chi connectivity index (χ1v) is 7.23. The molecular formula is C15H22ClNO. The Morgan fingerprint density at radius 1 is 1.17 bits per heavy atom. The van der Waals surface area contributed by atoms with Crippen molar-refractivity contribution in [2.75, 3.05) is 6.54 Å². The Bertz CT molecular complexity index is 359. The third-order valence-electron chi connectivity index (χ3n) is 4.10. The third-order valence-corrected chi connectivity index (χ3v) is 4.35. The van der Waals surface area contributed by atoms with Crippen LogP contribution in [0.15, 0.2) is 24.3 Å². The fraction of sp³-hybridized carbons (Fsp3) is 0.600. The molecule has 0 bridgehead atoms. The number of aliphatic hydroxyl groups excluding tert-OH is 1. The van der Waals surface area contributed by atoms with Crippen LogP contribution in [0.4, 0.5) is 0 Å². The SMILES string of the molecule is NCC(c1ccc(Cl)cc1)C(O)C1CCCCC1. The van der Waals surface area contributed by atoms with Gasteiger partial charge in [0, 0.05) is 17.5 Å². The Hall–Kier alpha value is -0.570. The highest BCUT2D eigenvalue weighted by molar-refractivity contribution is 6.30. The fourth-order valence-electron chi connectivity index (χ4n) is 2.99. The number of halogens is 1. The molecule has 2 rings (SSSR count). The Morgan fingerprint density at radius 3 is 2.33 bits per heavy atom. The minimum absolute atomic E-state index is 0.0327. The van der Waals surface area contributed by atoms with E-state index in [1.165, 1.54) is 19.3 Å². The Labute approximate surface area is 114 Å². The first kappa shape index (κ1) is 13.9. The molecule has 0 aromatic heterocycles. The second-order valence-corrected chi connectivity index (χ2v) is 5.72. The van der Waals surface area contributed by atoms with Gasteiger partial charge in [0.15, 0.2) is 0 Å². The zero-order valence-corrected chi connectivity index (χ0v) is 11.4. The molecule has 3 heteroatoms. The molecule has 0 aliphatic heterocycles. The molecule has 18 heavy (non-hydrogen) atoms. The molecule has 0 saturated heterocycles. The average molecular weight is 268 g/mol. The molecule has 0 amide bonds. The lowest BCUT2D eigenvalue weighted by Gasteiger charge is -2.32. The molecule has 1 aromatic rings.